The number of ether oxygens (including phenoxy) is 1. The lowest BCUT2D eigenvalue weighted by Gasteiger charge is -2.18. The highest BCUT2D eigenvalue weighted by Crippen LogP contribution is 2.31. The largest absolute Gasteiger partial charge is 0.482 e. The molecule has 2 N–H and O–H groups in total. The lowest BCUT2D eigenvalue weighted by Crippen LogP contribution is -2.25. The Morgan fingerprint density at radius 2 is 2.40 bits per heavy atom. The number of aliphatic hydroxyl groups excluding tert-OH is 1. The van der Waals surface area contributed by atoms with Gasteiger partial charge in [0, 0.05) is 10.6 Å². The second kappa shape index (κ2) is 4.55. The van der Waals surface area contributed by atoms with E-state index in [0.717, 1.165) is 4.90 Å². The number of anilines is 1. The summed E-state index contributed by atoms with van der Waals surface area (Å²) in [4.78, 5) is 12.1. The van der Waals surface area contributed by atoms with Crippen LogP contribution >= 0.6 is 11.8 Å². The first kappa shape index (κ1) is 10.3. The maximum Gasteiger partial charge on any atom is 0.262 e. The van der Waals surface area contributed by atoms with Crippen LogP contribution in [0.15, 0.2) is 23.1 Å². The van der Waals surface area contributed by atoms with Crippen LogP contribution in [0.25, 0.3) is 0 Å². The van der Waals surface area contributed by atoms with Crippen LogP contribution in [0, 0.1) is 0 Å². The van der Waals surface area contributed by atoms with Gasteiger partial charge in [-0.3, -0.25) is 4.79 Å². The molecule has 0 saturated carbocycles. The van der Waals surface area contributed by atoms with Crippen LogP contribution in [-0.4, -0.2) is 30.0 Å². The molecule has 0 saturated heterocycles. The van der Waals surface area contributed by atoms with Gasteiger partial charge < -0.3 is 15.2 Å². The van der Waals surface area contributed by atoms with Crippen molar-refractivity contribution in [1.29, 1.82) is 0 Å². The van der Waals surface area contributed by atoms with Gasteiger partial charge in [0.25, 0.3) is 5.91 Å². The van der Waals surface area contributed by atoms with E-state index >= 15 is 0 Å². The van der Waals surface area contributed by atoms with Crippen LogP contribution < -0.4 is 10.1 Å². The van der Waals surface area contributed by atoms with Gasteiger partial charge in [-0.2, -0.15) is 0 Å². The molecule has 0 aliphatic carbocycles. The Bertz CT molecular complexity index is 381. The zero-order valence-electron chi connectivity index (χ0n) is 8.03. The summed E-state index contributed by atoms with van der Waals surface area (Å²) in [5, 5.41) is 11.4. The van der Waals surface area contributed by atoms with Gasteiger partial charge >= 0.3 is 0 Å². The van der Waals surface area contributed by atoms with E-state index in [2.05, 4.69) is 5.32 Å². The predicted molar refractivity (Wildman–Crippen MR) is 58.4 cm³/mol. The minimum absolute atomic E-state index is 0.0795. The van der Waals surface area contributed by atoms with Crippen molar-refractivity contribution >= 4 is 23.4 Å². The SMILES string of the molecule is O=C1COc2ccc(SCCO)cc2N1. The number of fused-ring (bicyclic) bond motifs is 1. The highest BCUT2D eigenvalue weighted by molar-refractivity contribution is 7.99. The molecule has 0 radical (unpaired) electrons. The van der Waals surface area contributed by atoms with Crippen molar-refractivity contribution in [2.24, 2.45) is 0 Å². The van der Waals surface area contributed by atoms with Crippen LogP contribution in [-0.2, 0) is 4.79 Å². The first-order valence-electron chi connectivity index (χ1n) is 4.60. The number of thioether (sulfide) groups is 1. The zero-order chi connectivity index (χ0) is 10.7. The standard InChI is InChI=1S/C10H11NO3S/c12-3-4-15-7-1-2-9-8(5-7)11-10(13)6-14-9/h1-2,5,12H,3-4,6H2,(H,11,13). The summed E-state index contributed by atoms with van der Waals surface area (Å²) in [5.41, 5.74) is 0.703. The second-order valence-corrected chi connectivity index (χ2v) is 4.24. The van der Waals surface area contributed by atoms with Crippen LogP contribution in [0.3, 0.4) is 0 Å². The Morgan fingerprint density at radius 1 is 1.53 bits per heavy atom. The van der Waals surface area contributed by atoms with Crippen molar-refractivity contribution in [1.82, 2.24) is 0 Å². The minimum Gasteiger partial charge on any atom is -0.482 e. The quantitative estimate of drug-likeness (QED) is 0.756. The molecule has 1 aromatic carbocycles. The minimum atomic E-state index is -0.133. The summed E-state index contributed by atoms with van der Waals surface area (Å²) in [6.07, 6.45) is 0. The first-order chi connectivity index (χ1) is 7.29. The molecule has 0 bridgehead atoms. The van der Waals surface area contributed by atoms with Gasteiger partial charge in [-0.25, -0.2) is 0 Å². The Balaban J connectivity index is 2.17. The average Bonchev–Trinajstić information content (AvgIpc) is 2.25. The maximum atomic E-state index is 11.1. The third-order valence-corrected chi connectivity index (χ3v) is 2.92. The molecule has 0 fully saturated rings. The van der Waals surface area contributed by atoms with E-state index in [4.69, 9.17) is 9.84 Å². The highest BCUT2D eigenvalue weighted by Gasteiger charge is 2.15. The molecule has 2 rings (SSSR count). The van der Waals surface area contributed by atoms with Crippen molar-refractivity contribution in [2.75, 3.05) is 24.3 Å². The van der Waals surface area contributed by atoms with Gasteiger partial charge in [0.2, 0.25) is 0 Å². The Hall–Kier alpha value is -1.20. The number of carbonyl (C=O) groups excluding carboxylic acids is 1. The molecule has 80 valence electrons. The number of aliphatic hydroxyl groups is 1. The second-order valence-electron chi connectivity index (χ2n) is 3.07. The molecule has 15 heavy (non-hydrogen) atoms. The molecule has 1 aliphatic heterocycles. The summed E-state index contributed by atoms with van der Waals surface area (Å²) in [6, 6.07) is 5.60. The van der Waals surface area contributed by atoms with Gasteiger partial charge in [-0.15, -0.1) is 11.8 Å². The third kappa shape index (κ3) is 2.43. The predicted octanol–water partition coefficient (Wildman–Crippen LogP) is 1.10. The van der Waals surface area contributed by atoms with E-state index in [-0.39, 0.29) is 19.1 Å². The lowest BCUT2D eigenvalue weighted by atomic mass is 10.2. The summed E-state index contributed by atoms with van der Waals surface area (Å²) >= 11 is 1.54. The lowest BCUT2D eigenvalue weighted by molar-refractivity contribution is -0.118. The topological polar surface area (TPSA) is 58.6 Å². The van der Waals surface area contributed by atoms with Crippen molar-refractivity contribution in [3.8, 4) is 5.75 Å². The smallest absolute Gasteiger partial charge is 0.262 e. The zero-order valence-corrected chi connectivity index (χ0v) is 8.84. The molecule has 0 spiro atoms. The van der Waals surface area contributed by atoms with Crippen molar-refractivity contribution in [3.63, 3.8) is 0 Å². The molecular weight excluding hydrogens is 214 g/mol. The summed E-state index contributed by atoms with van der Waals surface area (Å²) < 4.78 is 5.22. The van der Waals surface area contributed by atoms with Gasteiger partial charge in [0.05, 0.1) is 12.3 Å². The summed E-state index contributed by atoms with van der Waals surface area (Å²) in [7, 11) is 0. The molecule has 5 heteroatoms. The molecule has 0 aromatic heterocycles. The van der Waals surface area contributed by atoms with Gasteiger partial charge in [-0.1, -0.05) is 0 Å². The third-order valence-electron chi connectivity index (χ3n) is 1.94. The number of nitrogens with one attached hydrogen (secondary N) is 1. The van der Waals surface area contributed by atoms with Crippen LogP contribution in [0.4, 0.5) is 5.69 Å². The number of hydrogen-bond donors (Lipinski definition) is 2. The van der Waals surface area contributed by atoms with Crippen molar-refractivity contribution in [2.45, 2.75) is 4.90 Å². The van der Waals surface area contributed by atoms with Crippen LogP contribution in [0.2, 0.25) is 0 Å². The molecule has 4 nitrogen and oxygen atoms in total. The fourth-order valence-electron chi connectivity index (χ4n) is 1.32. The number of rotatable bonds is 3. The fourth-order valence-corrected chi connectivity index (χ4v) is 2.01. The normalized spacial score (nSPS) is 14.1. The number of benzene rings is 1. The Labute approximate surface area is 91.6 Å². The summed E-state index contributed by atoms with van der Waals surface area (Å²) in [5.74, 6) is 1.21. The maximum absolute atomic E-state index is 11.1. The van der Waals surface area contributed by atoms with Gasteiger partial charge in [0.1, 0.15) is 5.75 Å². The van der Waals surface area contributed by atoms with Crippen LogP contribution in [0.5, 0.6) is 5.75 Å². The van der Waals surface area contributed by atoms with E-state index in [1.807, 2.05) is 18.2 Å². The Kier molecular flexibility index (Phi) is 3.13. The first-order valence-corrected chi connectivity index (χ1v) is 5.58. The van der Waals surface area contributed by atoms with Gasteiger partial charge in [-0.05, 0) is 18.2 Å². The molecule has 1 aliphatic rings. The number of carbonyl (C=O) groups is 1. The molecule has 1 heterocycles. The Morgan fingerprint density at radius 3 is 3.20 bits per heavy atom. The van der Waals surface area contributed by atoms with Gasteiger partial charge in [0.15, 0.2) is 6.61 Å². The van der Waals surface area contributed by atoms with Crippen molar-refractivity contribution < 1.29 is 14.6 Å². The fraction of sp³-hybridized carbons (Fsp3) is 0.300. The number of hydrogen-bond acceptors (Lipinski definition) is 4. The monoisotopic (exact) mass is 225 g/mol. The van der Waals surface area contributed by atoms with Crippen molar-refractivity contribution in [3.05, 3.63) is 18.2 Å². The summed E-state index contributed by atoms with van der Waals surface area (Å²) in [6.45, 7) is 0.223. The van der Waals surface area contributed by atoms with E-state index in [1.54, 1.807) is 0 Å². The molecular formula is C10H11NO3S. The van der Waals surface area contributed by atoms with E-state index in [0.29, 0.717) is 17.2 Å². The molecule has 1 amide bonds. The van der Waals surface area contributed by atoms with E-state index in [1.165, 1.54) is 11.8 Å². The average molecular weight is 225 g/mol. The molecule has 0 atom stereocenters. The van der Waals surface area contributed by atoms with E-state index in [9.17, 15) is 4.79 Å². The molecule has 1 aromatic rings. The highest BCUT2D eigenvalue weighted by atomic mass is 32.2. The number of amides is 1. The van der Waals surface area contributed by atoms with E-state index < -0.39 is 0 Å². The van der Waals surface area contributed by atoms with Crippen LogP contribution in [0.1, 0.15) is 0 Å². The molecule has 0 unspecified atom stereocenters.